The summed E-state index contributed by atoms with van der Waals surface area (Å²) in [5.74, 6) is 7.71. The molecular weight excluding hydrogens is 1000 g/mol. The molecular formula is C60H92N4O10S2. The number of carbonyl (C=O) groups is 3. The maximum atomic E-state index is 15.8. The van der Waals surface area contributed by atoms with E-state index in [0.717, 1.165) is 88.4 Å². The van der Waals surface area contributed by atoms with Gasteiger partial charge in [-0.3, -0.25) is 9.59 Å². The van der Waals surface area contributed by atoms with Crippen LogP contribution in [0.4, 0.5) is 0 Å². The highest BCUT2D eigenvalue weighted by atomic mass is 33.1. The number of amides is 1. The van der Waals surface area contributed by atoms with Crippen LogP contribution < -0.4 is 26.0 Å². The Labute approximate surface area is 461 Å². The van der Waals surface area contributed by atoms with Crippen LogP contribution in [0.25, 0.3) is 0 Å². The molecule has 1 amide bonds. The van der Waals surface area contributed by atoms with E-state index in [4.69, 9.17) is 14.2 Å². The molecule has 1 aromatic carbocycles. The van der Waals surface area contributed by atoms with Crippen molar-refractivity contribution in [2.45, 2.75) is 203 Å². The van der Waals surface area contributed by atoms with E-state index in [0.29, 0.717) is 107 Å². The smallest absolute Gasteiger partial charge is 0.332 e. The summed E-state index contributed by atoms with van der Waals surface area (Å²) in [6, 6.07) is 3.61. The quantitative estimate of drug-likeness (QED) is 0.0409. The van der Waals surface area contributed by atoms with Gasteiger partial charge in [0.15, 0.2) is 11.5 Å². The predicted octanol–water partition coefficient (Wildman–Crippen LogP) is 7.88. The number of phenols is 1. The number of fused-ring (bicyclic) bond motifs is 5. The minimum absolute atomic E-state index is 0.00465. The molecule has 4 aliphatic heterocycles. The molecule has 0 bridgehead atoms. The fourth-order valence-electron chi connectivity index (χ4n) is 16.3. The fraction of sp³-hybridized carbons (Fsp3) is 0.817. The SMILES string of the molecule is CNCCC(C)CCCNC1CSSCC(C)(O)CC2CC#CC3CC4c5c(ccc(O)c5OCC4C4(CO)CCCC4)C3C3(CCNCC3)C(OC(=O)C34CCCCC3CCC(=O)N4)CC(OC(C)=O)C2CCC1O. The number of ether oxygens (including phenoxy) is 3. The first-order chi connectivity index (χ1) is 36.6. The molecule has 76 heavy (non-hydrogen) atoms. The number of benzene rings is 1. The lowest BCUT2D eigenvalue weighted by Gasteiger charge is -2.56. The number of hydrogen-bond acceptors (Lipinski definition) is 15. The lowest BCUT2D eigenvalue weighted by molar-refractivity contribution is -0.183. The van der Waals surface area contributed by atoms with E-state index in [1.807, 2.05) is 14.0 Å². The fourth-order valence-corrected chi connectivity index (χ4v) is 19.1. The maximum absolute atomic E-state index is 15.8. The van der Waals surface area contributed by atoms with E-state index < -0.39 is 46.8 Å². The largest absolute Gasteiger partial charge is 0.504 e. The maximum Gasteiger partial charge on any atom is 0.332 e. The van der Waals surface area contributed by atoms with Gasteiger partial charge < -0.3 is 55.9 Å². The van der Waals surface area contributed by atoms with Crippen molar-refractivity contribution in [3.8, 4) is 23.3 Å². The van der Waals surface area contributed by atoms with E-state index in [9.17, 15) is 30.0 Å². The van der Waals surface area contributed by atoms with Crippen LogP contribution in [-0.2, 0) is 23.9 Å². The Morgan fingerprint density at radius 2 is 1.78 bits per heavy atom. The van der Waals surface area contributed by atoms with Crippen molar-refractivity contribution >= 4 is 39.4 Å². The van der Waals surface area contributed by atoms with Gasteiger partial charge in [0.05, 0.1) is 18.3 Å². The third kappa shape index (κ3) is 12.4. The second-order valence-electron chi connectivity index (χ2n) is 25.3. The molecule has 4 aliphatic carbocycles. The van der Waals surface area contributed by atoms with Crippen molar-refractivity contribution in [1.82, 2.24) is 21.3 Å². The molecule has 1 spiro atoms. The number of hydrogen-bond donors (Lipinski definition) is 8. The Morgan fingerprint density at radius 3 is 2.54 bits per heavy atom. The van der Waals surface area contributed by atoms with Crippen LogP contribution in [0, 0.1) is 58.2 Å². The average Bonchev–Trinajstić information content (AvgIpc) is 3.97. The normalized spacial score (nSPS) is 36.7. The minimum atomic E-state index is -1.18. The number of piperidine rings is 2. The van der Waals surface area contributed by atoms with Crippen molar-refractivity contribution in [2.24, 2.45) is 46.3 Å². The summed E-state index contributed by atoms with van der Waals surface area (Å²) in [6.45, 7) is 9.14. The topological polar surface area (TPSA) is 208 Å². The van der Waals surface area contributed by atoms with Gasteiger partial charge in [0.1, 0.15) is 17.7 Å². The van der Waals surface area contributed by atoms with Gasteiger partial charge in [-0.1, -0.05) is 66.2 Å². The highest BCUT2D eigenvalue weighted by molar-refractivity contribution is 8.76. The van der Waals surface area contributed by atoms with E-state index in [1.54, 1.807) is 27.7 Å². The summed E-state index contributed by atoms with van der Waals surface area (Å²) in [5.41, 5.74) is -1.37. The zero-order chi connectivity index (χ0) is 53.7. The van der Waals surface area contributed by atoms with E-state index in [1.165, 1.54) is 6.92 Å². The number of esters is 2. The van der Waals surface area contributed by atoms with Crippen LogP contribution in [-0.4, -0.2) is 132 Å². The van der Waals surface area contributed by atoms with Crippen molar-refractivity contribution < 1.29 is 49.0 Å². The van der Waals surface area contributed by atoms with Crippen LogP contribution in [0.5, 0.6) is 11.5 Å². The molecule has 16 heteroatoms. The number of aromatic hydroxyl groups is 1. The van der Waals surface area contributed by atoms with Gasteiger partial charge in [0.2, 0.25) is 5.91 Å². The number of phenolic OH excluding ortho intramolecular Hbond substituents is 1. The van der Waals surface area contributed by atoms with Crippen LogP contribution in [0.3, 0.4) is 0 Å². The lowest BCUT2D eigenvalue weighted by Crippen LogP contribution is -2.65. The molecule has 4 heterocycles. The number of carbonyl (C=O) groups excluding carboxylic acids is 3. The van der Waals surface area contributed by atoms with E-state index in [2.05, 4.69) is 46.1 Å². The van der Waals surface area contributed by atoms with Crippen LogP contribution in [0.15, 0.2) is 12.1 Å². The molecule has 14 unspecified atom stereocenters. The van der Waals surface area contributed by atoms with Gasteiger partial charge in [0, 0.05) is 90.4 Å². The number of rotatable bonds is 13. The van der Waals surface area contributed by atoms with Gasteiger partial charge in [-0.2, -0.15) is 0 Å². The van der Waals surface area contributed by atoms with Crippen molar-refractivity contribution in [2.75, 3.05) is 57.9 Å². The molecule has 8 N–H and O–H groups in total. The zero-order valence-electron chi connectivity index (χ0n) is 46.1. The van der Waals surface area contributed by atoms with Crippen molar-refractivity contribution in [3.05, 3.63) is 23.3 Å². The second kappa shape index (κ2) is 25.4. The predicted molar refractivity (Wildman–Crippen MR) is 299 cm³/mol. The highest BCUT2D eigenvalue weighted by Crippen LogP contribution is 2.65. The molecule has 14 atom stereocenters. The summed E-state index contributed by atoms with van der Waals surface area (Å²) in [4.78, 5) is 43.0. The average molecular weight is 1090 g/mol. The molecule has 2 saturated carbocycles. The van der Waals surface area contributed by atoms with Gasteiger partial charge in [-0.25, -0.2) is 4.79 Å². The molecule has 1 aromatic rings. The first kappa shape index (κ1) is 57.9. The van der Waals surface area contributed by atoms with E-state index >= 15 is 4.79 Å². The van der Waals surface area contributed by atoms with Gasteiger partial charge >= 0.3 is 11.9 Å². The summed E-state index contributed by atoms with van der Waals surface area (Å²) in [5, 5.41) is 61.6. The summed E-state index contributed by atoms with van der Waals surface area (Å²) >= 11 is 0. The number of aliphatic hydroxyl groups excluding tert-OH is 2. The molecule has 9 rings (SSSR count). The molecule has 0 radical (unpaired) electrons. The molecule has 3 saturated heterocycles. The highest BCUT2D eigenvalue weighted by Gasteiger charge is 2.60. The first-order valence-corrected chi connectivity index (χ1v) is 32.1. The van der Waals surface area contributed by atoms with Crippen LogP contribution in [0.2, 0.25) is 0 Å². The Hall–Kier alpha value is -2.75. The summed E-state index contributed by atoms with van der Waals surface area (Å²) in [6.07, 6.45) is 12.6. The third-order valence-corrected chi connectivity index (χ3v) is 23.0. The van der Waals surface area contributed by atoms with Gasteiger partial charge in [-0.15, -0.1) is 5.92 Å². The van der Waals surface area contributed by atoms with Gasteiger partial charge in [-0.05, 0) is 165 Å². The van der Waals surface area contributed by atoms with Crippen molar-refractivity contribution in [3.63, 3.8) is 0 Å². The van der Waals surface area contributed by atoms with Gasteiger partial charge in [0.25, 0.3) is 0 Å². The second-order valence-corrected chi connectivity index (χ2v) is 27.8. The van der Waals surface area contributed by atoms with Crippen LogP contribution in [0.1, 0.15) is 179 Å². The molecule has 5 fully saturated rings. The Bertz CT molecular complexity index is 2230. The van der Waals surface area contributed by atoms with Crippen LogP contribution >= 0.6 is 21.6 Å². The minimum Gasteiger partial charge on any atom is -0.504 e. The zero-order valence-corrected chi connectivity index (χ0v) is 47.8. The summed E-state index contributed by atoms with van der Waals surface area (Å²) < 4.78 is 20.7. The van der Waals surface area contributed by atoms with E-state index in [-0.39, 0.29) is 77.6 Å². The molecule has 14 nitrogen and oxygen atoms in total. The first-order valence-electron chi connectivity index (χ1n) is 29.6. The Morgan fingerprint density at radius 1 is 0.987 bits per heavy atom. The monoisotopic (exact) mass is 1090 g/mol. The lowest BCUT2D eigenvalue weighted by atomic mass is 9.51. The Balaban J connectivity index is 1.17. The summed E-state index contributed by atoms with van der Waals surface area (Å²) in [7, 11) is 5.30. The Kier molecular flexibility index (Phi) is 19.3. The number of aliphatic hydroxyl groups is 3. The molecule has 0 aromatic heterocycles. The molecule has 8 aliphatic rings. The third-order valence-electron chi connectivity index (χ3n) is 20.3. The standard InChI is InChI=1S/C60H92N4O10S2/c1-38(21-28-61-4)11-10-27-63-47-35-75-76-37-57(3,71)33-41-13-9-12-40-31-45-46(58(36-65)22-7-8-23-58)34-72-55-49(68)19-17-44(53(45)55)54(40)59(25-29-62-30-26-59)51(32-50(73-39(2)66)43(41)16-18-48(47)67)74-56(70)60-24-6-5-14-42(60)15-20-52(69)64-60/h17,19,38,40-43,45-48,50-51,54,61-63,65,67-68,71H,5-8,10-11,13-16,18,20-37H2,1-4H3,(H,64,69). The molecule has 424 valence electrons. The number of nitrogens with one attached hydrogen (secondary N) is 4. The van der Waals surface area contributed by atoms with Crippen molar-refractivity contribution in [1.29, 1.82) is 0 Å².